The van der Waals surface area contributed by atoms with Crippen molar-refractivity contribution in [2.75, 3.05) is 0 Å². The average molecular weight is 334 g/mol. The second-order valence-electron chi connectivity index (χ2n) is 5.40. The highest BCUT2D eigenvalue weighted by Crippen LogP contribution is 2.25. The van der Waals surface area contributed by atoms with Crippen LogP contribution in [-0.2, 0) is 0 Å². The van der Waals surface area contributed by atoms with E-state index in [1.54, 1.807) is 18.0 Å². The van der Waals surface area contributed by atoms with Crippen molar-refractivity contribution < 1.29 is 4.79 Å². The molecule has 3 rings (SSSR count). The van der Waals surface area contributed by atoms with Crippen LogP contribution in [0.3, 0.4) is 0 Å². The number of carbonyl (C=O) groups excluding carboxylic acids is 1. The number of pyridine rings is 1. The van der Waals surface area contributed by atoms with E-state index in [0.29, 0.717) is 5.56 Å². The van der Waals surface area contributed by atoms with Crippen LogP contribution in [0.15, 0.2) is 88.9 Å². The topological polar surface area (TPSA) is 42.0 Å². The van der Waals surface area contributed by atoms with Gasteiger partial charge in [0, 0.05) is 16.7 Å². The Morgan fingerprint density at radius 1 is 0.958 bits per heavy atom. The molecule has 1 amide bonds. The maximum atomic E-state index is 12.4. The monoisotopic (exact) mass is 334 g/mol. The highest BCUT2D eigenvalue weighted by atomic mass is 32.2. The minimum Gasteiger partial charge on any atom is -0.346 e. The number of nitrogens with zero attached hydrogens (tertiary/aromatic N) is 1. The van der Waals surface area contributed by atoms with E-state index in [-0.39, 0.29) is 11.9 Å². The molecule has 120 valence electrons. The van der Waals surface area contributed by atoms with Crippen LogP contribution in [-0.4, -0.2) is 10.9 Å². The third-order valence-corrected chi connectivity index (χ3v) is 4.58. The summed E-state index contributed by atoms with van der Waals surface area (Å²) in [6, 6.07) is 23.3. The van der Waals surface area contributed by atoms with Gasteiger partial charge in [0.1, 0.15) is 5.03 Å². The van der Waals surface area contributed by atoms with Crippen LogP contribution in [0.25, 0.3) is 0 Å². The van der Waals surface area contributed by atoms with Crippen molar-refractivity contribution >= 4 is 17.7 Å². The van der Waals surface area contributed by atoms with Crippen LogP contribution in [0, 0.1) is 0 Å². The van der Waals surface area contributed by atoms with Gasteiger partial charge in [0.2, 0.25) is 0 Å². The number of amides is 1. The zero-order valence-corrected chi connectivity index (χ0v) is 14.2. The molecule has 0 spiro atoms. The summed E-state index contributed by atoms with van der Waals surface area (Å²) < 4.78 is 0. The lowest BCUT2D eigenvalue weighted by Gasteiger charge is -2.14. The summed E-state index contributed by atoms with van der Waals surface area (Å²) in [6.07, 6.45) is 1.77. The molecule has 1 aromatic heterocycles. The van der Waals surface area contributed by atoms with Crippen molar-refractivity contribution in [1.29, 1.82) is 0 Å². The second kappa shape index (κ2) is 7.79. The molecule has 0 bridgehead atoms. The van der Waals surface area contributed by atoms with E-state index >= 15 is 0 Å². The van der Waals surface area contributed by atoms with Crippen molar-refractivity contribution in [1.82, 2.24) is 10.3 Å². The fourth-order valence-electron chi connectivity index (χ4n) is 2.31. The molecule has 1 heterocycles. The Bertz CT molecular complexity index is 789. The van der Waals surface area contributed by atoms with E-state index < -0.39 is 0 Å². The molecule has 0 radical (unpaired) electrons. The SMILES string of the molecule is CC(NC(=O)c1ccc(Sc2ccccn2)cc1)c1ccccc1. The van der Waals surface area contributed by atoms with E-state index in [0.717, 1.165) is 15.5 Å². The third-order valence-electron chi connectivity index (χ3n) is 3.62. The molecule has 3 aromatic rings. The number of nitrogens with one attached hydrogen (secondary N) is 1. The summed E-state index contributed by atoms with van der Waals surface area (Å²) in [5.74, 6) is -0.0688. The molecule has 3 nitrogen and oxygen atoms in total. The molecule has 24 heavy (non-hydrogen) atoms. The molecule has 0 saturated heterocycles. The maximum Gasteiger partial charge on any atom is 0.251 e. The molecule has 1 atom stereocenters. The minimum absolute atomic E-state index is 0.0266. The van der Waals surface area contributed by atoms with Gasteiger partial charge in [-0.05, 0) is 48.9 Å². The molecule has 0 aliphatic carbocycles. The van der Waals surface area contributed by atoms with Gasteiger partial charge >= 0.3 is 0 Å². The Morgan fingerprint density at radius 2 is 1.67 bits per heavy atom. The van der Waals surface area contributed by atoms with E-state index in [2.05, 4.69) is 10.3 Å². The first kappa shape index (κ1) is 16.3. The van der Waals surface area contributed by atoms with Gasteiger partial charge in [0.15, 0.2) is 0 Å². The summed E-state index contributed by atoms with van der Waals surface area (Å²) >= 11 is 1.58. The first-order valence-corrected chi connectivity index (χ1v) is 8.59. The molecule has 4 heteroatoms. The Balaban J connectivity index is 1.63. The molecular weight excluding hydrogens is 316 g/mol. The molecule has 0 fully saturated rings. The summed E-state index contributed by atoms with van der Waals surface area (Å²) in [6.45, 7) is 1.98. The van der Waals surface area contributed by atoms with E-state index in [1.165, 1.54) is 0 Å². The van der Waals surface area contributed by atoms with Crippen LogP contribution in [0.4, 0.5) is 0 Å². The lowest BCUT2D eigenvalue weighted by molar-refractivity contribution is 0.0940. The Morgan fingerprint density at radius 3 is 2.33 bits per heavy atom. The Kier molecular flexibility index (Phi) is 5.29. The number of hydrogen-bond donors (Lipinski definition) is 1. The minimum atomic E-state index is -0.0688. The van der Waals surface area contributed by atoms with E-state index in [1.807, 2.05) is 79.7 Å². The van der Waals surface area contributed by atoms with Gasteiger partial charge in [-0.1, -0.05) is 48.2 Å². The zero-order chi connectivity index (χ0) is 16.8. The van der Waals surface area contributed by atoms with E-state index in [9.17, 15) is 4.79 Å². The van der Waals surface area contributed by atoms with Gasteiger partial charge < -0.3 is 5.32 Å². The maximum absolute atomic E-state index is 12.4. The van der Waals surface area contributed by atoms with Crippen molar-refractivity contribution in [2.45, 2.75) is 22.9 Å². The normalized spacial score (nSPS) is 11.7. The average Bonchev–Trinajstić information content (AvgIpc) is 2.64. The quantitative estimate of drug-likeness (QED) is 0.734. The smallest absolute Gasteiger partial charge is 0.251 e. The summed E-state index contributed by atoms with van der Waals surface area (Å²) in [5.41, 5.74) is 1.75. The molecular formula is C20H18N2OS. The summed E-state index contributed by atoms with van der Waals surface area (Å²) in [4.78, 5) is 17.7. The molecule has 0 aliphatic heterocycles. The van der Waals surface area contributed by atoms with Gasteiger partial charge in [-0.25, -0.2) is 4.98 Å². The Labute approximate surface area is 146 Å². The predicted molar refractivity (Wildman–Crippen MR) is 97.1 cm³/mol. The number of aromatic nitrogens is 1. The predicted octanol–water partition coefficient (Wildman–Crippen LogP) is 4.72. The van der Waals surface area contributed by atoms with Crippen LogP contribution in [0.5, 0.6) is 0 Å². The molecule has 1 N–H and O–H groups in total. The summed E-state index contributed by atoms with van der Waals surface area (Å²) in [5, 5.41) is 3.96. The van der Waals surface area contributed by atoms with Crippen LogP contribution in [0.1, 0.15) is 28.9 Å². The highest BCUT2D eigenvalue weighted by Gasteiger charge is 2.11. The summed E-state index contributed by atoms with van der Waals surface area (Å²) in [7, 11) is 0. The van der Waals surface area contributed by atoms with Crippen molar-refractivity contribution in [3.8, 4) is 0 Å². The number of rotatable bonds is 5. The van der Waals surface area contributed by atoms with Crippen molar-refractivity contribution in [3.63, 3.8) is 0 Å². The number of hydrogen-bond acceptors (Lipinski definition) is 3. The first-order chi connectivity index (χ1) is 11.7. The van der Waals surface area contributed by atoms with Gasteiger partial charge in [0.05, 0.1) is 6.04 Å². The number of benzene rings is 2. The van der Waals surface area contributed by atoms with Crippen molar-refractivity contribution in [2.24, 2.45) is 0 Å². The Hall–Kier alpha value is -2.59. The fraction of sp³-hybridized carbons (Fsp3) is 0.100. The zero-order valence-electron chi connectivity index (χ0n) is 13.3. The van der Waals surface area contributed by atoms with Gasteiger partial charge in [-0.15, -0.1) is 0 Å². The third kappa shape index (κ3) is 4.24. The van der Waals surface area contributed by atoms with Gasteiger partial charge in [-0.2, -0.15) is 0 Å². The molecule has 0 saturated carbocycles. The largest absolute Gasteiger partial charge is 0.346 e. The molecule has 2 aromatic carbocycles. The first-order valence-electron chi connectivity index (χ1n) is 7.77. The highest BCUT2D eigenvalue weighted by molar-refractivity contribution is 7.99. The van der Waals surface area contributed by atoms with E-state index in [4.69, 9.17) is 0 Å². The van der Waals surface area contributed by atoms with Gasteiger partial charge in [-0.3, -0.25) is 4.79 Å². The lowest BCUT2D eigenvalue weighted by atomic mass is 10.1. The lowest BCUT2D eigenvalue weighted by Crippen LogP contribution is -2.26. The standard InChI is InChI=1S/C20H18N2OS/c1-15(16-7-3-2-4-8-16)22-20(23)17-10-12-18(13-11-17)24-19-9-5-6-14-21-19/h2-15H,1H3,(H,22,23). The fourth-order valence-corrected chi connectivity index (χ4v) is 3.08. The molecule has 0 aliphatic rings. The number of carbonyl (C=O) groups is 1. The molecule has 1 unspecified atom stereocenters. The second-order valence-corrected chi connectivity index (χ2v) is 6.49. The van der Waals surface area contributed by atoms with Crippen LogP contribution < -0.4 is 5.32 Å². The van der Waals surface area contributed by atoms with Gasteiger partial charge in [0.25, 0.3) is 5.91 Å². The van der Waals surface area contributed by atoms with Crippen LogP contribution >= 0.6 is 11.8 Å². The van der Waals surface area contributed by atoms with Crippen molar-refractivity contribution in [3.05, 3.63) is 90.1 Å². The van der Waals surface area contributed by atoms with Crippen LogP contribution in [0.2, 0.25) is 0 Å².